The molecule has 140 valence electrons. The van der Waals surface area contributed by atoms with Crippen molar-refractivity contribution >= 4 is 17.7 Å². The first kappa shape index (κ1) is 20.2. The number of nitrogens with zero attached hydrogens (tertiary/aromatic N) is 1. The molecule has 0 aliphatic heterocycles. The van der Waals surface area contributed by atoms with Crippen molar-refractivity contribution < 1.29 is 4.79 Å². The molecule has 26 heavy (non-hydrogen) atoms. The number of nitrogens with one attached hydrogen (secondary N) is 2. The molecule has 2 aromatic rings. The second-order valence-electron chi connectivity index (χ2n) is 6.31. The van der Waals surface area contributed by atoms with E-state index in [1.165, 1.54) is 23.4 Å². The van der Waals surface area contributed by atoms with Gasteiger partial charge >= 0.3 is 0 Å². The fraction of sp³-hybridized carbons (Fsp3) is 0.450. The first-order chi connectivity index (χ1) is 12.5. The number of hydrogen-bond donors (Lipinski definition) is 2. The van der Waals surface area contributed by atoms with Crippen molar-refractivity contribution in [3.05, 3.63) is 58.0 Å². The van der Waals surface area contributed by atoms with Gasteiger partial charge in [0.2, 0.25) is 5.91 Å². The summed E-state index contributed by atoms with van der Waals surface area (Å²) in [5, 5.41) is 3.20. The minimum absolute atomic E-state index is 0.0482. The zero-order chi connectivity index (χ0) is 18.9. The number of aryl methyl sites for hydroxylation is 1. The van der Waals surface area contributed by atoms with Crippen molar-refractivity contribution in [1.29, 1.82) is 0 Å². The molecule has 2 N–H and O–H groups in total. The zero-order valence-electron chi connectivity index (χ0n) is 15.6. The highest BCUT2D eigenvalue weighted by Crippen LogP contribution is 2.21. The van der Waals surface area contributed by atoms with Crippen LogP contribution in [0.2, 0.25) is 0 Å². The van der Waals surface area contributed by atoms with E-state index in [2.05, 4.69) is 34.3 Å². The molecule has 5 nitrogen and oxygen atoms in total. The number of carbonyl (C=O) groups excluding carboxylic acids is 1. The molecular formula is C20H27N3O2S. The lowest BCUT2D eigenvalue weighted by Gasteiger charge is -2.18. The number of carbonyl (C=O) groups is 1. The highest BCUT2D eigenvalue weighted by molar-refractivity contribution is 8.00. The van der Waals surface area contributed by atoms with Crippen molar-refractivity contribution in [2.24, 2.45) is 0 Å². The molecule has 0 aliphatic carbocycles. The Balaban J connectivity index is 1.94. The van der Waals surface area contributed by atoms with E-state index in [0.717, 1.165) is 25.0 Å². The summed E-state index contributed by atoms with van der Waals surface area (Å²) < 4.78 is 0. The summed E-state index contributed by atoms with van der Waals surface area (Å²) in [5.41, 5.74) is 1.82. The molecular weight excluding hydrogens is 346 g/mol. The van der Waals surface area contributed by atoms with Gasteiger partial charge in [0.05, 0.1) is 5.25 Å². The first-order valence-corrected chi connectivity index (χ1v) is 10.0. The Labute approximate surface area is 159 Å². The van der Waals surface area contributed by atoms with Gasteiger partial charge in [0.1, 0.15) is 0 Å². The Morgan fingerprint density at radius 3 is 2.65 bits per heavy atom. The lowest BCUT2D eigenvalue weighted by molar-refractivity contribution is -0.120. The number of H-pyrrole nitrogens is 1. The summed E-state index contributed by atoms with van der Waals surface area (Å²) in [6, 6.07) is 11.7. The van der Waals surface area contributed by atoms with Crippen LogP contribution in [0.5, 0.6) is 0 Å². The van der Waals surface area contributed by atoms with Crippen LogP contribution in [0, 0.1) is 0 Å². The summed E-state index contributed by atoms with van der Waals surface area (Å²) in [5.74, 6) is 0.246. The van der Waals surface area contributed by atoms with E-state index in [0.29, 0.717) is 17.6 Å². The molecule has 2 rings (SSSR count). The molecule has 0 fully saturated rings. The fourth-order valence-corrected chi connectivity index (χ4v) is 3.59. The summed E-state index contributed by atoms with van der Waals surface area (Å²) in [7, 11) is 0. The number of rotatable bonds is 9. The standard InChI is InChI=1S/C20H27N3O2S/c1-4-9-17-12-18(24)23-20(22-17)26-14(3)19(25)21-13-15(5-2)16-10-7-6-8-11-16/h6-8,10-12,14-15H,4-5,9,13H2,1-3H3,(H,21,25)(H,22,23,24)/t14-,15+/m0/s1. The van der Waals surface area contributed by atoms with Crippen molar-refractivity contribution in [3.8, 4) is 0 Å². The molecule has 6 heteroatoms. The average Bonchev–Trinajstić information content (AvgIpc) is 2.62. The molecule has 0 saturated heterocycles. The highest BCUT2D eigenvalue weighted by atomic mass is 32.2. The number of hydrogen-bond acceptors (Lipinski definition) is 4. The number of thioether (sulfide) groups is 1. The summed E-state index contributed by atoms with van der Waals surface area (Å²) >= 11 is 1.28. The Morgan fingerprint density at radius 2 is 2.00 bits per heavy atom. The monoisotopic (exact) mass is 373 g/mol. The fourth-order valence-electron chi connectivity index (χ4n) is 2.74. The minimum Gasteiger partial charge on any atom is -0.355 e. The van der Waals surface area contributed by atoms with Crippen LogP contribution in [0.15, 0.2) is 46.3 Å². The number of aromatic nitrogens is 2. The van der Waals surface area contributed by atoms with Crippen LogP contribution >= 0.6 is 11.8 Å². The topological polar surface area (TPSA) is 74.8 Å². The lowest BCUT2D eigenvalue weighted by Crippen LogP contribution is -2.34. The third kappa shape index (κ3) is 6.02. The van der Waals surface area contributed by atoms with Gasteiger partial charge in [0.15, 0.2) is 5.16 Å². The summed E-state index contributed by atoms with van der Waals surface area (Å²) in [6.07, 6.45) is 2.64. The van der Waals surface area contributed by atoms with Crippen LogP contribution in [0.3, 0.4) is 0 Å². The van der Waals surface area contributed by atoms with Crippen LogP contribution in [-0.4, -0.2) is 27.7 Å². The number of aromatic amines is 1. The molecule has 1 amide bonds. The van der Waals surface area contributed by atoms with Gasteiger partial charge in [-0.25, -0.2) is 4.98 Å². The number of benzene rings is 1. The third-order valence-electron chi connectivity index (χ3n) is 4.22. The van der Waals surface area contributed by atoms with E-state index >= 15 is 0 Å². The van der Waals surface area contributed by atoms with Gasteiger partial charge in [0.25, 0.3) is 5.56 Å². The molecule has 0 unspecified atom stereocenters. The average molecular weight is 374 g/mol. The Bertz CT molecular complexity index is 761. The molecule has 2 atom stereocenters. The van der Waals surface area contributed by atoms with Gasteiger partial charge in [-0.3, -0.25) is 9.59 Å². The van der Waals surface area contributed by atoms with Gasteiger partial charge in [-0.05, 0) is 25.3 Å². The van der Waals surface area contributed by atoms with E-state index in [1.54, 1.807) is 0 Å². The molecule has 0 spiro atoms. The smallest absolute Gasteiger partial charge is 0.251 e. The Hall–Kier alpha value is -2.08. The predicted octanol–water partition coefficient (Wildman–Crippen LogP) is 3.51. The minimum atomic E-state index is -0.330. The second kappa shape index (κ2) is 10.2. The van der Waals surface area contributed by atoms with E-state index in [-0.39, 0.29) is 16.7 Å². The van der Waals surface area contributed by atoms with Crippen LogP contribution in [0.1, 0.15) is 50.8 Å². The molecule has 1 aromatic carbocycles. The normalized spacial score (nSPS) is 13.2. The van der Waals surface area contributed by atoms with Crippen LogP contribution in [0.25, 0.3) is 0 Å². The van der Waals surface area contributed by atoms with Crippen molar-refractivity contribution in [2.45, 2.75) is 56.4 Å². The molecule has 0 saturated carbocycles. The van der Waals surface area contributed by atoms with E-state index in [9.17, 15) is 9.59 Å². The SMILES string of the molecule is CCCc1cc(=O)[nH]c(S[C@@H](C)C(=O)NC[C@@H](CC)c2ccccc2)n1. The molecule has 1 heterocycles. The zero-order valence-corrected chi connectivity index (χ0v) is 16.4. The second-order valence-corrected chi connectivity index (χ2v) is 7.64. The van der Waals surface area contributed by atoms with Gasteiger partial charge in [-0.1, -0.05) is 62.4 Å². The van der Waals surface area contributed by atoms with E-state index < -0.39 is 0 Å². The third-order valence-corrected chi connectivity index (χ3v) is 5.21. The van der Waals surface area contributed by atoms with Gasteiger partial charge in [0, 0.05) is 24.2 Å². The van der Waals surface area contributed by atoms with Crippen LogP contribution < -0.4 is 10.9 Å². The van der Waals surface area contributed by atoms with Crippen molar-refractivity contribution in [3.63, 3.8) is 0 Å². The van der Waals surface area contributed by atoms with Crippen LogP contribution in [-0.2, 0) is 11.2 Å². The molecule has 0 radical (unpaired) electrons. The van der Waals surface area contributed by atoms with Gasteiger partial charge < -0.3 is 10.3 Å². The summed E-state index contributed by atoms with van der Waals surface area (Å²) in [4.78, 5) is 31.3. The number of amides is 1. The highest BCUT2D eigenvalue weighted by Gasteiger charge is 2.18. The molecule has 1 aromatic heterocycles. The Kier molecular flexibility index (Phi) is 7.91. The quantitative estimate of drug-likeness (QED) is 0.521. The van der Waals surface area contributed by atoms with Gasteiger partial charge in [-0.2, -0.15) is 0 Å². The predicted molar refractivity (Wildman–Crippen MR) is 107 cm³/mol. The molecule has 0 aliphatic rings. The maximum absolute atomic E-state index is 12.4. The van der Waals surface area contributed by atoms with Crippen molar-refractivity contribution in [2.75, 3.05) is 6.54 Å². The van der Waals surface area contributed by atoms with Crippen LogP contribution in [0.4, 0.5) is 0 Å². The van der Waals surface area contributed by atoms with Crippen molar-refractivity contribution in [1.82, 2.24) is 15.3 Å². The Morgan fingerprint density at radius 1 is 1.27 bits per heavy atom. The summed E-state index contributed by atoms with van der Waals surface area (Å²) in [6.45, 7) is 6.60. The van der Waals surface area contributed by atoms with Gasteiger partial charge in [-0.15, -0.1) is 0 Å². The first-order valence-electron chi connectivity index (χ1n) is 9.13. The molecule has 0 bridgehead atoms. The maximum atomic E-state index is 12.4. The largest absolute Gasteiger partial charge is 0.355 e. The maximum Gasteiger partial charge on any atom is 0.251 e. The lowest BCUT2D eigenvalue weighted by atomic mass is 9.96. The van der Waals surface area contributed by atoms with E-state index in [4.69, 9.17) is 0 Å². The van der Waals surface area contributed by atoms with E-state index in [1.807, 2.05) is 32.0 Å².